The number of carbonyl (C=O) groups is 3. The molecule has 0 fully saturated rings. The number of carboxylic acid groups (broad SMARTS) is 1. The van der Waals surface area contributed by atoms with Crippen LogP contribution in [0, 0.1) is 0 Å². The lowest BCUT2D eigenvalue weighted by molar-refractivity contribution is -0.889. The number of hydrogen-bond acceptors (Lipinski definition) is 7. The van der Waals surface area contributed by atoms with Crippen LogP contribution < -0.4 is 5.11 Å². The van der Waals surface area contributed by atoms with Gasteiger partial charge in [0, 0.05) is 19.3 Å². The van der Waals surface area contributed by atoms with Gasteiger partial charge < -0.3 is 28.6 Å². The summed E-state index contributed by atoms with van der Waals surface area (Å²) in [4.78, 5) is 36.8. The van der Waals surface area contributed by atoms with E-state index in [4.69, 9.17) is 14.2 Å². The van der Waals surface area contributed by atoms with Crippen molar-refractivity contribution in [3.63, 3.8) is 0 Å². The smallest absolute Gasteiger partial charge is 0.306 e. The average molecular weight is 786 g/mol. The van der Waals surface area contributed by atoms with E-state index in [0.717, 1.165) is 89.9 Å². The molecule has 0 rings (SSSR count). The fourth-order valence-electron chi connectivity index (χ4n) is 6.17. The molecule has 2 unspecified atom stereocenters. The molecule has 8 heteroatoms. The minimum Gasteiger partial charge on any atom is -0.544 e. The summed E-state index contributed by atoms with van der Waals surface area (Å²) in [6.45, 7) is 4.50. The minimum atomic E-state index is -1.13. The van der Waals surface area contributed by atoms with Crippen molar-refractivity contribution < 1.29 is 38.2 Å². The van der Waals surface area contributed by atoms with Gasteiger partial charge in [0.15, 0.2) is 6.10 Å². The average Bonchev–Trinajstić information content (AvgIpc) is 3.15. The molecule has 0 aromatic carbocycles. The van der Waals surface area contributed by atoms with Gasteiger partial charge in [-0.05, 0) is 77.0 Å². The topological polar surface area (TPSA) is 102 Å². The molecule has 56 heavy (non-hydrogen) atoms. The quantitative estimate of drug-likeness (QED) is 0.0265. The first-order valence-corrected chi connectivity index (χ1v) is 22.3. The van der Waals surface area contributed by atoms with Crippen LogP contribution in [0.25, 0.3) is 0 Å². The van der Waals surface area contributed by atoms with Gasteiger partial charge in [-0.1, -0.05) is 139 Å². The predicted octanol–water partition coefficient (Wildman–Crippen LogP) is 10.9. The zero-order chi connectivity index (χ0) is 41.4. The highest BCUT2D eigenvalue weighted by atomic mass is 16.6. The Labute approximate surface area is 343 Å². The Morgan fingerprint density at radius 1 is 0.554 bits per heavy atom. The van der Waals surface area contributed by atoms with Gasteiger partial charge in [-0.2, -0.15) is 0 Å². The van der Waals surface area contributed by atoms with Crippen LogP contribution in [0.1, 0.15) is 174 Å². The van der Waals surface area contributed by atoms with Crippen molar-refractivity contribution in [3.05, 3.63) is 60.8 Å². The van der Waals surface area contributed by atoms with Crippen molar-refractivity contribution >= 4 is 17.9 Å². The van der Waals surface area contributed by atoms with E-state index < -0.39 is 18.1 Å². The summed E-state index contributed by atoms with van der Waals surface area (Å²) in [6.07, 6.45) is 46.7. The SMILES string of the molecule is CC/C=C/C/C=C/C/C=C/C/C=C/CCCCCCCCC(=O)OC(COCCC(C(=O)[O-])[N+](C)(C)C)COC(=O)CCCCC/C=C/CCCCCCCC. The Morgan fingerprint density at radius 2 is 1.00 bits per heavy atom. The van der Waals surface area contributed by atoms with E-state index in [2.05, 4.69) is 74.6 Å². The number of rotatable bonds is 39. The van der Waals surface area contributed by atoms with E-state index in [1.165, 1.54) is 51.4 Å². The number of hydrogen-bond donors (Lipinski definition) is 0. The van der Waals surface area contributed by atoms with Gasteiger partial charge >= 0.3 is 11.9 Å². The van der Waals surface area contributed by atoms with Crippen molar-refractivity contribution in [2.45, 2.75) is 187 Å². The Balaban J connectivity index is 4.39. The lowest BCUT2D eigenvalue weighted by Crippen LogP contribution is -2.55. The van der Waals surface area contributed by atoms with Crippen LogP contribution in [0.4, 0.5) is 0 Å². The van der Waals surface area contributed by atoms with E-state index in [1.807, 2.05) is 0 Å². The largest absolute Gasteiger partial charge is 0.544 e. The maximum absolute atomic E-state index is 12.7. The summed E-state index contributed by atoms with van der Waals surface area (Å²) in [6, 6.07) is -0.732. The van der Waals surface area contributed by atoms with Crippen molar-refractivity contribution in [2.24, 2.45) is 0 Å². The number of nitrogens with zero attached hydrogens (tertiary/aromatic N) is 1. The second-order valence-corrected chi connectivity index (χ2v) is 15.9. The van der Waals surface area contributed by atoms with Gasteiger partial charge in [-0.15, -0.1) is 0 Å². The van der Waals surface area contributed by atoms with Crippen molar-refractivity contribution in [1.29, 1.82) is 0 Å². The van der Waals surface area contributed by atoms with Gasteiger partial charge in [-0.25, -0.2) is 0 Å². The van der Waals surface area contributed by atoms with Crippen LogP contribution in [-0.2, 0) is 28.6 Å². The van der Waals surface area contributed by atoms with Crippen LogP contribution in [-0.4, -0.2) is 75.5 Å². The highest BCUT2D eigenvalue weighted by Gasteiger charge is 2.25. The van der Waals surface area contributed by atoms with E-state index in [-0.39, 0.29) is 42.7 Å². The second-order valence-electron chi connectivity index (χ2n) is 15.9. The van der Waals surface area contributed by atoms with Crippen LogP contribution in [0.3, 0.4) is 0 Å². The molecule has 0 saturated carbocycles. The molecule has 0 aliphatic rings. The maximum atomic E-state index is 12.7. The molecule has 0 heterocycles. The highest BCUT2D eigenvalue weighted by Crippen LogP contribution is 2.13. The predicted molar refractivity (Wildman–Crippen MR) is 231 cm³/mol. The lowest BCUT2D eigenvalue weighted by Gasteiger charge is -2.34. The summed E-state index contributed by atoms with van der Waals surface area (Å²) in [5, 5.41) is 11.6. The molecule has 0 aliphatic carbocycles. The minimum absolute atomic E-state index is 0.0281. The Morgan fingerprint density at radius 3 is 1.52 bits per heavy atom. The highest BCUT2D eigenvalue weighted by molar-refractivity contribution is 5.70. The Kier molecular flexibility index (Phi) is 36.8. The van der Waals surface area contributed by atoms with E-state index >= 15 is 0 Å². The van der Waals surface area contributed by atoms with Gasteiger partial charge in [0.05, 0.1) is 40.3 Å². The molecule has 0 saturated heterocycles. The van der Waals surface area contributed by atoms with Crippen molar-refractivity contribution in [3.8, 4) is 0 Å². The molecule has 0 radical (unpaired) electrons. The van der Waals surface area contributed by atoms with Crippen molar-refractivity contribution in [2.75, 3.05) is 41.0 Å². The number of allylic oxidation sites excluding steroid dienone is 10. The summed E-state index contributed by atoms with van der Waals surface area (Å²) in [5.41, 5.74) is 0. The van der Waals surface area contributed by atoms with Crippen LogP contribution in [0.15, 0.2) is 60.8 Å². The number of aliphatic carboxylic acids is 1. The first kappa shape index (κ1) is 53.0. The maximum Gasteiger partial charge on any atom is 0.306 e. The number of esters is 2. The first-order valence-electron chi connectivity index (χ1n) is 22.3. The van der Waals surface area contributed by atoms with E-state index in [1.54, 1.807) is 21.1 Å². The molecule has 0 aliphatic heterocycles. The zero-order valence-corrected chi connectivity index (χ0v) is 36.5. The second kappa shape index (κ2) is 38.9. The summed E-state index contributed by atoms with van der Waals surface area (Å²) < 4.78 is 17.1. The molecular formula is C48H83NO7. The fraction of sp³-hybridized carbons (Fsp3) is 0.729. The summed E-state index contributed by atoms with van der Waals surface area (Å²) >= 11 is 0. The molecule has 0 amide bonds. The number of quaternary nitrogens is 1. The fourth-order valence-corrected chi connectivity index (χ4v) is 6.17. The summed E-state index contributed by atoms with van der Waals surface area (Å²) in [7, 11) is 5.39. The third kappa shape index (κ3) is 36.7. The Bertz CT molecular complexity index is 1100. The van der Waals surface area contributed by atoms with Gasteiger partial charge in [0.1, 0.15) is 12.6 Å². The number of ether oxygens (including phenoxy) is 3. The van der Waals surface area contributed by atoms with E-state index in [9.17, 15) is 19.5 Å². The third-order valence-corrected chi connectivity index (χ3v) is 9.64. The lowest BCUT2D eigenvalue weighted by atomic mass is 10.1. The van der Waals surface area contributed by atoms with Gasteiger partial charge in [-0.3, -0.25) is 9.59 Å². The molecule has 2 atom stereocenters. The van der Waals surface area contributed by atoms with E-state index in [0.29, 0.717) is 12.8 Å². The zero-order valence-electron chi connectivity index (χ0n) is 36.5. The standard InChI is InChI=1S/C48H83NO7/c1-6-8-10-12-14-16-18-20-21-22-23-24-25-27-29-31-33-35-37-39-47(51)56-44(42-54-41-40-45(48(52)53)49(3,4)5)43-55-46(50)38-36-34-32-30-28-26-19-17-15-13-11-9-7-2/h8,10,14,16,20-21,23-24,26,28,44-45H,6-7,9,11-13,15,17-19,22,25,27,29-43H2,1-5H3/b10-8+,16-14+,21-20+,24-23+,28-26+. The number of likely N-dealkylation sites (N-methyl/N-ethyl adjacent to an activating group) is 1. The molecule has 0 N–H and O–H groups in total. The number of unbranched alkanes of at least 4 members (excludes halogenated alkanes) is 15. The first-order chi connectivity index (χ1) is 27.1. The molecular weight excluding hydrogens is 703 g/mol. The Hall–Kier alpha value is -2.97. The number of carboxylic acids is 1. The van der Waals surface area contributed by atoms with Crippen LogP contribution >= 0.6 is 0 Å². The normalized spacial score (nSPS) is 13.5. The third-order valence-electron chi connectivity index (χ3n) is 9.64. The molecule has 0 spiro atoms. The van der Waals surface area contributed by atoms with Crippen LogP contribution in [0.5, 0.6) is 0 Å². The molecule has 322 valence electrons. The van der Waals surface area contributed by atoms with Gasteiger partial charge in [0.25, 0.3) is 0 Å². The van der Waals surface area contributed by atoms with Gasteiger partial charge in [0.2, 0.25) is 0 Å². The molecule has 0 bridgehead atoms. The molecule has 0 aromatic rings. The number of carbonyl (C=O) groups excluding carboxylic acids is 3. The molecule has 0 aromatic heterocycles. The summed E-state index contributed by atoms with van der Waals surface area (Å²) in [5.74, 6) is -1.78. The monoisotopic (exact) mass is 786 g/mol. The van der Waals surface area contributed by atoms with Crippen LogP contribution in [0.2, 0.25) is 0 Å². The van der Waals surface area contributed by atoms with Crippen molar-refractivity contribution in [1.82, 2.24) is 0 Å². The molecule has 8 nitrogen and oxygen atoms in total.